The van der Waals surface area contributed by atoms with E-state index in [2.05, 4.69) is 12.2 Å². The van der Waals surface area contributed by atoms with E-state index in [0.29, 0.717) is 37.9 Å². The molecule has 0 bridgehead atoms. The Morgan fingerprint density at radius 1 is 1.53 bits per heavy atom. The molecule has 5 heteroatoms. The molecule has 3 atom stereocenters. The molecule has 1 saturated carbocycles. The minimum absolute atomic E-state index is 0.101. The zero-order chi connectivity index (χ0) is 12.6. The Morgan fingerprint density at radius 2 is 2.18 bits per heavy atom. The van der Waals surface area contributed by atoms with Crippen LogP contribution in [0.5, 0.6) is 0 Å². The Hall–Kier alpha value is -1.26. The van der Waals surface area contributed by atoms with Gasteiger partial charge in [0.1, 0.15) is 0 Å². The van der Waals surface area contributed by atoms with Gasteiger partial charge in [-0.3, -0.25) is 4.79 Å². The van der Waals surface area contributed by atoms with Crippen molar-refractivity contribution in [2.24, 2.45) is 11.3 Å². The van der Waals surface area contributed by atoms with Gasteiger partial charge in [-0.25, -0.2) is 4.79 Å². The Morgan fingerprint density at radius 3 is 2.59 bits per heavy atom. The normalized spacial score (nSPS) is 35.8. The molecule has 0 spiro atoms. The van der Waals surface area contributed by atoms with Gasteiger partial charge in [-0.2, -0.15) is 0 Å². The minimum Gasteiger partial charge on any atom is -0.481 e. The fourth-order valence-corrected chi connectivity index (χ4v) is 2.43. The van der Waals surface area contributed by atoms with Crippen molar-refractivity contribution >= 4 is 12.0 Å². The summed E-state index contributed by atoms with van der Waals surface area (Å²) in [7, 11) is 0. The summed E-state index contributed by atoms with van der Waals surface area (Å²) < 4.78 is 0. The Labute approximate surface area is 101 Å². The van der Waals surface area contributed by atoms with Crippen LogP contribution < -0.4 is 5.32 Å². The smallest absolute Gasteiger partial charge is 0.317 e. The predicted octanol–water partition coefficient (Wildman–Crippen LogP) is 1.29. The van der Waals surface area contributed by atoms with E-state index in [1.54, 1.807) is 4.90 Å². The minimum atomic E-state index is -0.782. The summed E-state index contributed by atoms with van der Waals surface area (Å²) in [6.07, 6.45) is 2.18. The molecular formula is C12H20N2O3. The van der Waals surface area contributed by atoms with Crippen molar-refractivity contribution in [2.75, 3.05) is 13.1 Å². The number of aliphatic carboxylic acids is 1. The average Bonchev–Trinajstić information content (AvgIpc) is 2.84. The van der Waals surface area contributed by atoms with Crippen LogP contribution in [0.15, 0.2) is 0 Å². The lowest BCUT2D eigenvalue weighted by Crippen LogP contribution is -2.42. The number of nitrogens with one attached hydrogen (secondary N) is 1. The zero-order valence-electron chi connectivity index (χ0n) is 10.4. The van der Waals surface area contributed by atoms with E-state index in [0.717, 1.165) is 6.42 Å². The number of urea groups is 1. The van der Waals surface area contributed by atoms with Gasteiger partial charge in [0.15, 0.2) is 0 Å². The number of hydrogen-bond donors (Lipinski definition) is 2. The largest absolute Gasteiger partial charge is 0.481 e. The summed E-state index contributed by atoms with van der Waals surface area (Å²) in [6.45, 7) is 4.86. The van der Waals surface area contributed by atoms with Crippen LogP contribution in [0, 0.1) is 11.3 Å². The van der Waals surface area contributed by atoms with Crippen molar-refractivity contribution in [3.8, 4) is 0 Å². The van der Waals surface area contributed by atoms with Gasteiger partial charge in [0.25, 0.3) is 0 Å². The van der Waals surface area contributed by atoms with E-state index >= 15 is 0 Å². The van der Waals surface area contributed by atoms with Gasteiger partial charge in [0.2, 0.25) is 0 Å². The van der Waals surface area contributed by atoms with Crippen molar-refractivity contribution in [3.05, 3.63) is 0 Å². The first-order valence-electron chi connectivity index (χ1n) is 6.27. The lowest BCUT2D eigenvalue weighted by molar-refractivity contribution is -0.148. The maximum Gasteiger partial charge on any atom is 0.317 e. The molecular weight excluding hydrogens is 220 g/mol. The Bertz CT molecular complexity index is 345. The number of carbonyl (C=O) groups excluding carboxylic acids is 1. The fraction of sp³-hybridized carbons (Fsp3) is 0.833. The van der Waals surface area contributed by atoms with Crippen LogP contribution in [0.25, 0.3) is 0 Å². The fourth-order valence-electron chi connectivity index (χ4n) is 2.43. The van der Waals surface area contributed by atoms with Crippen molar-refractivity contribution < 1.29 is 14.7 Å². The lowest BCUT2D eigenvalue weighted by Gasteiger charge is -2.23. The van der Waals surface area contributed by atoms with Crippen LogP contribution in [0.1, 0.15) is 33.1 Å². The maximum absolute atomic E-state index is 11.9. The Kier molecular flexibility index (Phi) is 3.02. The lowest BCUT2D eigenvalue weighted by atomic mass is 9.84. The number of nitrogens with zero attached hydrogens (tertiary/aromatic N) is 1. The molecule has 0 aromatic carbocycles. The Balaban J connectivity index is 1.92. The molecule has 96 valence electrons. The highest BCUT2D eigenvalue weighted by Gasteiger charge is 2.45. The van der Waals surface area contributed by atoms with Crippen LogP contribution in [-0.2, 0) is 4.79 Å². The van der Waals surface area contributed by atoms with E-state index < -0.39 is 11.4 Å². The van der Waals surface area contributed by atoms with Crippen LogP contribution in [0.2, 0.25) is 0 Å². The zero-order valence-corrected chi connectivity index (χ0v) is 10.4. The number of carboxylic acid groups (broad SMARTS) is 1. The SMILES string of the molecule is CCC1(C(=O)O)CCN(C(=O)NC2CC2C)C1. The molecule has 17 heavy (non-hydrogen) atoms. The van der Waals surface area contributed by atoms with Gasteiger partial charge in [-0.1, -0.05) is 13.8 Å². The second-order valence-electron chi connectivity index (χ2n) is 5.38. The van der Waals surface area contributed by atoms with E-state index in [1.807, 2.05) is 6.92 Å². The molecule has 2 N–H and O–H groups in total. The highest BCUT2D eigenvalue weighted by Crippen LogP contribution is 2.35. The van der Waals surface area contributed by atoms with Gasteiger partial charge in [-0.15, -0.1) is 0 Å². The maximum atomic E-state index is 11.9. The predicted molar refractivity (Wildman–Crippen MR) is 62.7 cm³/mol. The first-order valence-corrected chi connectivity index (χ1v) is 6.27. The van der Waals surface area contributed by atoms with Gasteiger partial charge >= 0.3 is 12.0 Å². The average molecular weight is 240 g/mol. The van der Waals surface area contributed by atoms with E-state index in [-0.39, 0.29) is 6.03 Å². The molecule has 5 nitrogen and oxygen atoms in total. The molecule has 0 aromatic rings. The molecule has 0 radical (unpaired) electrons. The van der Waals surface area contributed by atoms with Crippen molar-refractivity contribution in [1.82, 2.24) is 10.2 Å². The molecule has 0 aromatic heterocycles. The van der Waals surface area contributed by atoms with Crippen LogP contribution in [0.3, 0.4) is 0 Å². The first-order chi connectivity index (χ1) is 7.98. The molecule has 2 amide bonds. The van der Waals surface area contributed by atoms with Crippen LogP contribution in [-0.4, -0.2) is 41.1 Å². The second kappa shape index (κ2) is 4.20. The molecule has 1 aliphatic carbocycles. The van der Waals surface area contributed by atoms with Crippen molar-refractivity contribution in [3.63, 3.8) is 0 Å². The van der Waals surface area contributed by atoms with Gasteiger partial charge in [-0.05, 0) is 25.2 Å². The number of rotatable bonds is 3. The van der Waals surface area contributed by atoms with Gasteiger partial charge in [0.05, 0.1) is 5.41 Å². The van der Waals surface area contributed by atoms with Crippen LogP contribution >= 0.6 is 0 Å². The number of amides is 2. The summed E-state index contributed by atoms with van der Waals surface area (Å²) in [5.74, 6) is -0.216. The van der Waals surface area contributed by atoms with Crippen molar-refractivity contribution in [1.29, 1.82) is 0 Å². The third-order valence-corrected chi connectivity index (χ3v) is 4.19. The summed E-state index contributed by atoms with van der Waals surface area (Å²) in [5, 5.41) is 12.2. The molecule has 2 aliphatic rings. The number of hydrogen-bond acceptors (Lipinski definition) is 2. The van der Waals surface area contributed by atoms with Crippen molar-refractivity contribution in [2.45, 2.75) is 39.2 Å². The summed E-state index contributed by atoms with van der Waals surface area (Å²) in [5.41, 5.74) is -0.730. The molecule has 2 rings (SSSR count). The molecule has 3 unspecified atom stereocenters. The summed E-state index contributed by atoms with van der Waals surface area (Å²) in [4.78, 5) is 24.8. The molecule has 2 fully saturated rings. The topological polar surface area (TPSA) is 69.6 Å². The third-order valence-electron chi connectivity index (χ3n) is 4.19. The van der Waals surface area contributed by atoms with E-state index in [1.165, 1.54) is 0 Å². The summed E-state index contributed by atoms with van der Waals surface area (Å²) >= 11 is 0. The third kappa shape index (κ3) is 2.23. The van der Waals surface area contributed by atoms with Gasteiger partial charge in [0, 0.05) is 19.1 Å². The highest BCUT2D eigenvalue weighted by atomic mass is 16.4. The number of carbonyl (C=O) groups is 2. The highest BCUT2D eigenvalue weighted by molar-refractivity contribution is 5.80. The van der Waals surface area contributed by atoms with E-state index in [9.17, 15) is 14.7 Å². The quantitative estimate of drug-likeness (QED) is 0.781. The van der Waals surface area contributed by atoms with E-state index in [4.69, 9.17) is 0 Å². The number of likely N-dealkylation sites (tertiary alicyclic amines) is 1. The van der Waals surface area contributed by atoms with Crippen LogP contribution in [0.4, 0.5) is 4.79 Å². The second-order valence-corrected chi connectivity index (χ2v) is 5.38. The molecule has 1 heterocycles. The molecule has 1 saturated heterocycles. The standard InChI is InChI=1S/C12H20N2O3/c1-3-12(10(15)16)4-5-14(7-12)11(17)13-9-6-8(9)2/h8-9H,3-7H2,1-2H3,(H,13,17)(H,15,16). The summed E-state index contributed by atoms with van der Waals surface area (Å²) in [6, 6.07) is 0.194. The monoisotopic (exact) mass is 240 g/mol. The van der Waals surface area contributed by atoms with Gasteiger partial charge < -0.3 is 15.3 Å². The molecule has 1 aliphatic heterocycles. The first kappa shape index (κ1) is 12.2. The number of carboxylic acids is 1.